The third-order valence-electron chi connectivity index (χ3n) is 4.21. The minimum absolute atomic E-state index is 0.127. The second kappa shape index (κ2) is 8.98. The fourth-order valence-electron chi connectivity index (χ4n) is 2.69. The van der Waals surface area contributed by atoms with E-state index in [0.717, 1.165) is 5.56 Å². The standard InChI is InChI=1S/C21H24N2O4/c1-13(2)19(23-18(24)11-15-7-5-4-6-8-15)20(25)22-16-10-9-14(3)17(12-16)21(26)27/h4-10,12-13,19H,11H2,1-3H3,(H,22,25)(H,23,24)(H,26,27). The highest BCUT2D eigenvalue weighted by atomic mass is 16.4. The number of hydrogen-bond donors (Lipinski definition) is 3. The molecule has 142 valence electrons. The van der Waals surface area contributed by atoms with Crippen LogP contribution in [-0.2, 0) is 16.0 Å². The number of rotatable bonds is 7. The summed E-state index contributed by atoms with van der Waals surface area (Å²) >= 11 is 0. The van der Waals surface area contributed by atoms with Gasteiger partial charge in [-0.3, -0.25) is 9.59 Å². The molecule has 0 saturated carbocycles. The molecule has 1 unspecified atom stereocenters. The molecule has 0 aliphatic carbocycles. The van der Waals surface area contributed by atoms with Gasteiger partial charge in [-0.2, -0.15) is 0 Å². The Bertz CT molecular complexity index is 831. The first-order valence-electron chi connectivity index (χ1n) is 8.76. The largest absolute Gasteiger partial charge is 0.478 e. The van der Waals surface area contributed by atoms with Gasteiger partial charge >= 0.3 is 5.97 Å². The molecule has 27 heavy (non-hydrogen) atoms. The number of carboxylic acid groups (broad SMARTS) is 1. The van der Waals surface area contributed by atoms with Gasteiger partial charge in [-0.05, 0) is 36.1 Å². The molecular weight excluding hydrogens is 344 g/mol. The lowest BCUT2D eigenvalue weighted by Gasteiger charge is -2.22. The second-order valence-electron chi connectivity index (χ2n) is 6.78. The molecule has 6 nitrogen and oxygen atoms in total. The van der Waals surface area contributed by atoms with Gasteiger partial charge in [-0.25, -0.2) is 4.79 Å². The Labute approximate surface area is 158 Å². The van der Waals surface area contributed by atoms with E-state index in [-0.39, 0.29) is 29.7 Å². The van der Waals surface area contributed by atoms with Gasteiger partial charge < -0.3 is 15.7 Å². The SMILES string of the molecule is Cc1ccc(NC(=O)C(NC(=O)Cc2ccccc2)C(C)C)cc1C(=O)O. The maximum absolute atomic E-state index is 12.6. The van der Waals surface area contributed by atoms with Crippen LogP contribution in [0.4, 0.5) is 5.69 Å². The Kier molecular flexibility index (Phi) is 6.71. The summed E-state index contributed by atoms with van der Waals surface area (Å²) in [6.07, 6.45) is 0.186. The zero-order valence-corrected chi connectivity index (χ0v) is 15.7. The highest BCUT2D eigenvalue weighted by Crippen LogP contribution is 2.16. The molecule has 0 aromatic heterocycles. The smallest absolute Gasteiger partial charge is 0.336 e. The fraction of sp³-hybridized carbons (Fsp3) is 0.286. The Hall–Kier alpha value is -3.15. The molecule has 2 amide bonds. The molecule has 0 fully saturated rings. The quantitative estimate of drug-likeness (QED) is 0.700. The zero-order valence-electron chi connectivity index (χ0n) is 15.7. The van der Waals surface area contributed by atoms with Crippen molar-refractivity contribution in [3.8, 4) is 0 Å². The molecule has 6 heteroatoms. The van der Waals surface area contributed by atoms with Crippen molar-refractivity contribution in [3.05, 3.63) is 65.2 Å². The summed E-state index contributed by atoms with van der Waals surface area (Å²) in [5, 5.41) is 14.7. The molecule has 3 N–H and O–H groups in total. The topological polar surface area (TPSA) is 95.5 Å². The molecule has 0 bridgehead atoms. The lowest BCUT2D eigenvalue weighted by atomic mass is 10.0. The van der Waals surface area contributed by atoms with E-state index in [1.807, 2.05) is 44.2 Å². The van der Waals surface area contributed by atoms with E-state index in [9.17, 15) is 19.5 Å². The molecule has 0 saturated heterocycles. The highest BCUT2D eigenvalue weighted by Gasteiger charge is 2.24. The first kappa shape index (κ1) is 20.2. The maximum Gasteiger partial charge on any atom is 0.336 e. The van der Waals surface area contributed by atoms with Crippen molar-refractivity contribution in [2.45, 2.75) is 33.2 Å². The second-order valence-corrected chi connectivity index (χ2v) is 6.78. The summed E-state index contributed by atoms with van der Waals surface area (Å²) in [6, 6.07) is 13.3. The lowest BCUT2D eigenvalue weighted by Crippen LogP contribution is -2.47. The summed E-state index contributed by atoms with van der Waals surface area (Å²) in [5.74, 6) is -1.81. The van der Waals surface area contributed by atoms with Gasteiger partial charge in [0, 0.05) is 5.69 Å². The van der Waals surface area contributed by atoms with Crippen LogP contribution in [0.2, 0.25) is 0 Å². The predicted molar refractivity (Wildman–Crippen MR) is 104 cm³/mol. The van der Waals surface area contributed by atoms with E-state index < -0.39 is 12.0 Å². The van der Waals surface area contributed by atoms with E-state index in [1.54, 1.807) is 19.1 Å². The Morgan fingerprint density at radius 1 is 1.04 bits per heavy atom. The van der Waals surface area contributed by atoms with Crippen LogP contribution in [0.25, 0.3) is 0 Å². The van der Waals surface area contributed by atoms with Crippen molar-refractivity contribution >= 4 is 23.5 Å². The minimum atomic E-state index is -1.06. The lowest BCUT2D eigenvalue weighted by molar-refractivity contribution is -0.127. The highest BCUT2D eigenvalue weighted by molar-refractivity contribution is 5.99. The molecule has 0 aliphatic heterocycles. The van der Waals surface area contributed by atoms with Gasteiger partial charge in [0.15, 0.2) is 0 Å². The number of aryl methyl sites for hydroxylation is 1. The average molecular weight is 368 g/mol. The fourth-order valence-corrected chi connectivity index (χ4v) is 2.69. The molecule has 0 radical (unpaired) electrons. The van der Waals surface area contributed by atoms with E-state index in [4.69, 9.17) is 0 Å². The summed E-state index contributed by atoms with van der Waals surface area (Å²) in [7, 11) is 0. The third kappa shape index (κ3) is 5.67. The van der Waals surface area contributed by atoms with Crippen molar-refractivity contribution in [1.82, 2.24) is 5.32 Å². The number of aromatic carboxylic acids is 1. The van der Waals surface area contributed by atoms with Crippen LogP contribution >= 0.6 is 0 Å². The number of benzene rings is 2. The van der Waals surface area contributed by atoms with Gasteiger partial charge in [-0.1, -0.05) is 50.2 Å². The van der Waals surface area contributed by atoms with E-state index in [1.165, 1.54) is 6.07 Å². The maximum atomic E-state index is 12.6. The molecule has 0 heterocycles. The van der Waals surface area contributed by atoms with Gasteiger partial charge in [0.2, 0.25) is 11.8 Å². The van der Waals surface area contributed by atoms with Crippen molar-refractivity contribution in [2.75, 3.05) is 5.32 Å². The summed E-state index contributed by atoms with van der Waals surface area (Å²) in [5.41, 5.74) is 1.98. The van der Waals surface area contributed by atoms with Crippen LogP contribution in [0.3, 0.4) is 0 Å². The minimum Gasteiger partial charge on any atom is -0.478 e. The molecule has 2 rings (SSSR count). The van der Waals surface area contributed by atoms with Gasteiger partial charge in [0.1, 0.15) is 6.04 Å². The van der Waals surface area contributed by atoms with Crippen LogP contribution in [0.5, 0.6) is 0 Å². The summed E-state index contributed by atoms with van der Waals surface area (Å²) in [6.45, 7) is 5.37. The third-order valence-corrected chi connectivity index (χ3v) is 4.21. The summed E-state index contributed by atoms with van der Waals surface area (Å²) < 4.78 is 0. The number of nitrogens with one attached hydrogen (secondary N) is 2. The van der Waals surface area contributed by atoms with Gasteiger partial charge in [0.25, 0.3) is 0 Å². The Balaban J connectivity index is 2.07. The van der Waals surface area contributed by atoms with Crippen molar-refractivity contribution in [2.24, 2.45) is 5.92 Å². The van der Waals surface area contributed by atoms with Gasteiger partial charge in [-0.15, -0.1) is 0 Å². The predicted octanol–water partition coefficient (Wildman–Crippen LogP) is 3.02. The molecule has 2 aromatic rings. The number of amides is 2. The van der Waals surface area contributed by atoms with Crippen LogP contribution in [0.15, 0.2) is 48.5 Å². The number of carboxylic acids is 1. The molecular formula is C21H24N2O4. The zero-order chi connectivity index (χ0) is 20.0. The van der Waals surface area contributed by atoms with Crippen molar-refractivity contribution in [1.29, 1.82) is 0 Å². The first-order chi connectivity index (χ1) is 12.8. The number of hydrogen-bond acceptors (Lipinski definition) is 3. The normalized spacial score (nSPS) is 11.7. The van der Waals surface area contributed by atoms with E-state index >= 15 is 0 Å². The summed E-state index contributed by atoms with van der Waals surface area (Å²) in [4.78, 5) is 36.2. The van der Waals surface area contributed by atoms with Crippen molar-refractivity contribution in [3.63, 3.8) is 0 Å². The molecule has 1 atom stereocenters. The molecule has 0 spiro atoms. The Morgan fingerprint density at radius 3 is 2.30 bits per heavy atom. The van der Waals surface area contributed by atoms with Gasteiger partial charge in [0.05, 0.1) is 12.0 Å². The number of carbonyl (C=O) groups excluding carboxylic acids is 2. The van der Waals surface area contributed by atoms with Crippen molar-refractivity contribution < 1.29 is 19.5 Å². The van der Waals surface area contributed by atoms with E-state index in [2.05, 4.69) is 10.6 Å². The van der Waals surface area contributed by atoms with Crippen LogP contribution in [0.1, 0.15) is 35.3 Å². The number of carbonyl (C=O) groups is 3. The van der Waals surface area contributed by atoms with Crippen LogP contribution in [0, 0.1) is 12.8 Å². The first-order valence-corrected chi connectivity index (χ1v) is 8.76. The number of anilines is 1. The average Bonchev–Trinajstić information content (AvgIpc) is 2.61. The Morgan fingerprint density at radius 2 is 1.70 bits per heavy atom. The monoisotopic (exact) mass is 368 g/mol. The molecule has 0 aliphatic rings. The van der Waals surface area contributed by atoms with Crippen LogP contribution in [-0.4, -0.2) is 28.9 Å². The van der Waals surface area contributed by atoms with E-state index in [0.29, 0.717) is 11.3 Å². The molecule has 2 aromatic carbocycles. The van der Waals surface area contributed by atoms with Crippen LogP contribution < -0.4 is 10.6 Å².